The molecule has 0 spiro atoms. The van der Waals surface area contributed by atoms with Crippen LogP contribution in [0.3, 0.4) is 0 Å². The van der Waals surface area contributed by atoms with Crippen LogP contribution in [0.4, 0.5) is 0 Å². The number of amides is 1. The number of carbonyl (C=O) groups excluding carboxylic acids is 2. The van der Waals surface area contributed by atoms with Gasteiger partial charge in [0.25, 0.3) is 0 Å². The fraction of sp³-hybridized carbons (Fsp3) is 0.579. The van der Waals surface area contributed by atoms with E-state index in [9.17, 15) is 9.59 Å². The molecule has 0 aliphatic heterocycles. The van der Waals surface area contributed by atoms with Gasteiger partial charge in [0.2, 0.25) is 5.91 Å². The van der Waals surface area contributed by atoms with Crippen molar-refractivity contribution in [3.8, 4) is 5.75 Å². The lowest BCUT2D eigenvalue weighted by Crippen LogP contribution is -2.52. The molecule has 0 aliphatic carbocycles. The number of benzene rings is 1. The van der Waals surface area contributed by atoms with Gasteiger partial charge in [-0.25, -0.2) is 4.79 Å². The van der Waals surface area contributed by atoms with E-state index in [4.69, 9.17) is 9.47 Å². The smallest absolute Gasteiger partial charge is 0.331 e. The van der Waals surface area contributed by atoms with Crippen LogP contribution < -0.4 is 10.1 Å². The van der Waals surface area contributed by atoms with Crippen LogP contribution in [0, 0.1) is 0 Å². The van der Waals surface area contributed by atoms with Gasteiger partial charge in [-0.2, -0.15) is 0 Å². The molecule has 0 bridgehead atoms. The lowest BCUT2D eigenvalue weighted by atomic mass is 9.96. The van der Waals surface area contributed by atoms with Crippen molar-refractivity contribution in [2.45, 2.75) is 58.4 Å². The fourth-order valence-corrected chi connectivity index (χ4v) is 2.52. The van der Waals surface area contributed by atoms with Gasteiger partial charge in [-0.15, -0.1) is 0 Å². The highest BCUT2D eigenvalue weighted by Crippen LogP contribution is 2.19. The zero-order valence-corrected chi connectivity index (χ0v) is 15.3. The Morgan fingerprint density at radius 3 is 2.33 bits per heavy atom. The Hall–Kier alpha value is -2.04. The summed E-state index contributed by atoms with van der Waals surface area (Å²) in [5.41, 5.74) is 0.257. The van der Waals surface area contributed by atoms with Crippen molar-refractivity contribution in [2.24, 2.45) is 0 Å². The van der Waals surface area contributed by atoms with Crippen molar-refractivity contribution >= 4 is 11.9 Å². The highest BCUT2D eigenvalue weighted by molar-refractivity contribution is 5.87. The number of ether oxygens (including phenoxy) is 2. The van der Waals surface area contributed by atoms with Crippen LogP contribution in [-0.4, -0.2) is 31.1 Å². The van der Waals surface area contributed by atoms with Gasteiger partial charge >= 0.3 is 5.97 Å². The summed E-state index contributed by atoms with van der Waals surface area (Å²) in [5.74, 6) is 0.550. The fourth-order valence-electron chi connectivity index (χ4n) is 2.52. The summed E-state index contributed by atoms with van der Waals surface area (Å²) in [7, 11) is 1.33. The minimum Gasteiger partial charge on any atom is -0.493 e. The summed E-state index contributed by atoms with van der Waals surface area (Å²) in [5, 5.41) is 2.76. The summed E-state index contributed by atoms with van der Waals surface area (Å²) in [4.78, 5) is 24.0. The quantitative estimate of drug-likeness (QED) is 0.702. The molecule has 24 heavy (non-hydrogen) atoms. The van der Waals surface area contributed by atoms with E-state index in [1.165, 1.54) is 12.7 Å². The molecule has 0 fully saturated rings. The maximum absolute atomic E-state index is 12.1. The monoisotopic (exact) mass is 335 g/mol. The third-order valence-electron chi connectivity index (χ3n) is 3.95. The average Bonchev–Trinajstić information content (AvgIpc) is 2.54. The second-order valence-corrected chi connectivity index (χ2v) is 6.44. The first-order valence-corrected chi connectivity index (χ1v) is 8.44. The first-order valence-electron chi connectivity index (χ1n) is 8.44. The van der Waals surface area contributed by atoms with E-state index < -0.39 is 11.5 Å². The highest BCUT2D eigenvalue weighted by Gasteiger charge is 2.34. The Kier molecular flexibility index (Phi) is 7.75. The molecule has 0 radical (unpaired) electrons. The summed E-state index contributed by atoms with van der Waals surface area (Å²) in [6.45, 7) is 8.17. The second kappa shape index (κ2) is 9.30. The predicted octanol–water partition coefficient (Wildman–Crippen LogP) is 3.43. The predicted molar refractivity (Wildman–Crippen MR) is 94.1 cm³/mol. The third kappa shape index (κ3) is 5.87. The molecule has 0 heterocycles. The largest absolute Gasteiger partial charge is 0.493 e. The highest BCUT2D eigenvalue weighted by atomic mass is 16.5. The molecule has 0 saturated heterocycles. The van der Waals surface area contributed by atoms with Crippen LogP contribution in [0.2, 0.25) is 0 Å². The van der Waals surface area contributed by atoms with E-state index in [0.29, 0.717) is 12.3 Å². The third-order valence-corrected chi connectivity index (χ3v) is 3.95. The molecule has 1 atom stereocenters. The van der Waals surface area contributed by atoms with Crippen molar-refractivity contribution in [1.82, 2.24) is 5.32 Å². The Balaban J connectivity index is 2.49. The van der Waals surface area contributed by atoms with Crippen LogP contribution in [0.5, 0.6) is 5.75 Å². The molecule has 0 aromatic heterocycles. The van der Waals surface area contributed by atoms with E-state index in [1.807, 2.05) is 31.2 Å². The molecule has 5 heteroatoms. The van der Waals surface area contributed by atoms with Gasteiger partial charge < -0.3 is 14.8 Å². The number of esters is 1. The van der Waals surface area contributed by atoms with Crippen LogP contribution in [0.25, 0.3) is 0 Å². The first-order chi connectivity index (χ1) is 11.3. The number of methoxy groups -OCH3 is 1. The van der Waals surface area contributed by atoms with Crippen LogP contribution in [-0.2, 0) is 14.3 Å². The SMILES string of the molecule is CCCC(C)(NC(=O)CCOc1ccc(C(C)C)cc1)C(=O)OC. The summed E-state index contributed by atoms with van der Waals surface area (Å²) in [6.07, 6.45) is 1.48. The van der Waals surface area contributed by atoms with Gasteiger partial charge in [0.1, 0.15) is 11.3 Å². The van der Waals surface area contributed by atoms with Crippen molar-refractivity contribution in [1.29, 1.82) is 0 Å². The van der Waals surface area contributed by atoms with Crippen molar-refractivity contribution in [2.75, 3.05) is 13.7 Å². The van der Waals surface area contributed by atoms with Gasteiger partial charge in [0, 0.05) is 0 Å². The zero-order valence-electron chi connectivity index (χ0n) is 15.3. The molecule has 1 aromatic rings. The van der Waals surface area contributed by atoms with E-state index in [1.54, 1.807) is 6.92 Å². The van der Waals surface area contributed by atoms with Crippen LogP contribution >= 0.6 is 0 Å². The molecule has 0 saturated carbocycles. The lowest BCUT2D eigenvalue weighted by Gasteiger charge is -2.27. The number of carbonyl (C=O) groups is 2. The molecule has 134 valence electrons. The number of rotatable bonds is 9. The van der Waals surface area contributed by atoms with Gasteiger partial charge in [-0.3, -0.25) is 4.79 Å². The molecular weight excluding hydrogens is 306 g/mol. The average molecular weight is 335 g/mol. The van der Waals surface area contributed by atoms with Crippen molar-refractivity contribution in [3.05, 3.63) is 29.8 Å². The number of hydrogen-bond acceptors (Lipinski definition) is 4. The molecule has 1 amide bonds. The molecular formula is C19H29NO4. The Labute approximate surface area is 144 Å². The topological polar surface area (TPSA) is 64.6 Å². The Bertz CT molecular complexity index is 539. The van der Waals surface area contributed by atoms with Gasteiger partial charge in [-0.05, 0) is 37.0 Å². The molecule has 0 aliphatic rings. The van der Waals surface area contributed by atoms with Gasteiger partial charge in [0.05, 0.1) is 20.1 Å². The van der Waals surface area contributed by atoms with Crippen molar-refractivity contribution in [3.63, 3.8) is 0 Å². The zero-order chi connectivity index (χ0) is 18.2. The van der Waals surface area contributed by atoms with E-state index in [2.05, 4.69) is 19.2 Å². The lowest BCUT2D eigenvalue weighted by molar-refractivity contribution is -0.150. The Morgan fingerprint density at radius 1 is 1.21 bits per heavy atom. The first kappa shape index (κ1) is 20.0. The molecule has 1 aromatic carbocycles. The van der Waals surface area contributed by atoms with Gasteiger partial charge in [-0.1, -0.05) is 39.3 Å². The minimum absolute atomic E-state index is 0.183. The number of hydrogen-bond donors (Lipinski definition) is 1. The van der Waals surface area contributed by atoms with Crippen LogP contribution in [0.15, 0.2) is 24.3 Å². The van der Waals surface area contributed by atoms with Crippen LogP contribution in [0.1, 0.15) is 58.4 Å². The van der Waals surface area contributed by atoms with E-state index in [0.717, 1.165) is 12.2 Å². The molecule has 1 unspecified atom stereocenters. The Morgan fingerprint density at radius 2 is 1.83 bits per heavy atom. The van der Waals surface area contributed by atoms with Crippen molar-refractivity contribution < 1.29 is 19.1 Å². The summed E-state index contributed by atoms with van der Waals surface area (Å²) < 4.78 is 10.4. The van der Waals surface area contributed by atoms with E-state index >= 15 is 0 Å². The van der Waals surface area contributed by atoms with Gasteiger partial charge in [0.15, 0.2) is 0 Å². The summed E-state index contributed by atoms with van der Waals surface area (Å²) >= 11 is 0. The molecule has 1 N–H and O–H groups in total. The standard InChI is InChI=1S/C19H29NO4/c1-6-12-19(4,18(22)23-5)20-17(21)11-13-24-16-9-7-15(8-10-16)14(2)3/h7-10,14H,6,11-13H2,1-5H3,(H,20,21). The second-order valence-electron chi connectivity index (χ2n) is 6.44. The molecule has 1 rings (SSSR count). The maximum Gasteiger partial charge on any atom is 0.331 e. The maximum atomic E-state index is 12.1. The minimum atomic E-state index is -0.987. The summed E-state index contributed by atoms with van der Waals surface area (Å²) in [6, 6.07) is 7.86. The normalized spacial score (nSPS) is 13.2. The molecule has 5 nitrogen and oxygen atoms in total. The number of nitrogens with one attached hydrogen (secondary N) is 1. The van der Waals surface area contributed by atoms with E-state index in [-0.39, 0.29) is 18.9 Å².